The minimum Gasteiger partial charge on any atom is -0.313 e. The molecule has 2 rings (SSSR count). The highest BCUT2D eigenvalue weighted by Gasteiger charge is 2.25. The molecule has 18 heavy (non-hydrogen) atoms. The number of hydrogen-bond donors (Lipinski definition) is 2. The van der Waals surface area contributed by atoms with Gasteiger partial charge >= 0.3 is 0 Å². The van der Waals surface area contributed by atoms with E-state index in [4.69, 9.17) is 0 Å². The van der Waals surface area contributed by atoms with Crippen molar-refractivity contribution in [1.29, 1.82) is 0 Å². The topological polar surface area (TPSA) is 84.0 Å². The summed E-state index contributed by atoms with van der Waals surface area (Å²) < 4.78 is 26.4. The monoisotopic (exact) mass is 270 g/mol. The van der Waals surface area contributed by atoms with E-state index in [1.807, 2.05) is 0 Å². The summed E-state index contributed by atoms with van der Waals surface area (Å²) in [5.41, 5.74) is 0.614. The van der Waals surface area contributed by atoms with Gasteiger partial charge in [0.2, 0.25) is 10.0 Å². The fourth-order valence-electron chi connectivity index (χ4n) is 1.47. The minimum atomic E-state index is -3.31. The summed E-state index contributed by atoms with van der Waals surface area (Å²) in [6, 6.07) is 3.99. The molecule has 1 fully saturated rings. The van der Waals surface area contributed by atoms with Gasteiger partial charge in [0.05, 0.1) is 17.5 Å². The lowest BCUT2D eigenvalue weighted by Crippen LogP contribution is -2.39. The summed E-state index contributed by atoms with van der Waals surface area (Å²) in [7, 11) is -3.31. The van der Waals surface area contributed by atoms with Crippen molar-refractivity contribution in [3.05, 3.63) is 24.0 Å². The summed E-state index contributed by atoms with van der Waals surface area (Å²) in [6.07, 6.45) is 3.86. The average molecular weight is 270 g/mol. The Bertz CT molecular complexity index is 473. The Kier molecular flexibility index (Phi) is 4.26. The van der Waals surface area contributed by atoms with E-state index in [9.17, 15) is 8.42 Å². The molecule has 0 aromatic carbocycles. The molecule has 1 aliphatic carbocycles. The molecule has 0 saturated heterocycles. The summed E-state index contributed by atoms with van der Waals surface area (Å²) in [4.78, 5) is 0. The third-order valence-electron chi connectivity index (χ3n) is 2.88. The number of hydrogen-bond acceptors (Lipinski definition) is 5. The highest BCUT2D eigenvalue weighted by Crippen LogP contribution is 2.18. The van der Waals surface area contributed by atoms with Gasteiger partial charge in [-0.2, -0.15) is 10.2 Å². The molecular formula is C11H18N4O2S. The minimum absolute atomic E-state index is 0.184. The molecule has 0 amide bonds. The number of nitrogens with zero attached hydrogens (tertiary/aromatic N) is 2. The van der Waals surface area contributed by atoms with E-state index in [1.165, 1.54) is 0 Å². The van der Waals surface area contributed by atoms with Crippen molar-refractivity contribution in [1.82, 2.24) is 20.2 Å². The fourth-order valence-corrected chi connectivity index (χ4v) is 2.42. The molecule has 1 aliphatic rings. The largest absolute Gasteiger partial charge is 0.313 e. The molecule has 1 saturated carbocycles. The first kappa shape index (κ1) is 13.4. The first-order valence-electron chi connectivity index (χ1n) is 6.06. The molecule has 1 atom stereocenters. The van der Waals surface area contributed by atoms with E-state index in [0.29, 0.717) is 18.3 Å². The van der Waals surface area contributed by atoms with Gasteiger partial charge < -0.3 is 5.32 Å². The van der Waals surface area contributed by atoms with Gasteiger partial charge in [0.25, 0.3) is 0 Å². The predicted molar refractivity (Wildman–Crippen MR) is 68.3 cm³/mol. The zero-order valence-corrected chi connectivity index (χ0v) is 11.2. The number of sulfonamides is 1. The lowest BCUT2D eigenvalue weighted by atomic mass is 10.4. The molecule has 2 N–H and O–H groups in total. The van der Waals surface area contributed by atoms with Crippen molar-refractivity contribution in [2.45, 2.75) is 37.6 Å². The highest BCUT2D eigenvalue weighted by atomic mass is 32.2. The second-order valence-corrected chi connectivity index (χ2v) is 6.76. The Hall–Kier alpha value is -1.05. The normalized spacial score (nSPS) is 17.6. The van der Waals surface area contributed by atoms with Crippen molar-refractivity contribution in [3.8, 4) is 0 Å². The molecule has 7 heteroatoms. The van der Waals surface area contributed by atoms with Crippen LogP contribution in [0.2, 0.25) is 0 Å². The van der Waals surface area contributed by atoms with E-state index in [-0.39, 0.29) is 6.54 Å². The smallest absolute Gasteiger partial charge is 0.215 e. The Labute approximate surface area is 107 Å². The third kappa shape index (κ3) is 4.01. The Morgan fingerprint density at radius 1 is 1.50 bits per heavy atom. The van der Waals surface area contributed by atoms with E-state index < -0.39 is 15.3 Å². The van der Waals surface area contributed by atoms with Gasteiger partial charge in [0.15, 0.2) is 0 Å². The van der Waals surface area contributed by atoms with E-state index in [0.717, 1.165) is 12.8 Å². The van der Waals surface area contributed by atoms with Crippen LogP contribution in [0, 0.1) is 0 Å². The van der Waals surface area contributed by atoms with E-state index >= 15 is 0 Å². The van der Waals surface area contributed by atoms with Crippen LogP contribution >= 0.6 is 0 Å². The summed E-state index contributed by atoms with van der Waals surface area (Å²) in [5.74, 6) is 0. The number of nitrogens with one attached hydrogen (secondary N) is 2. The van der Waals surface area contributed by atoms with Crippen LogP contribution < -0.4 is 10.0 Å². The van der Waals surface area contributed by atoms with Crippen molar-refractivity contribution in [2.75, 3.05) is 6.54 Å². The first-order valence-corrected chi connectivity index (χ1v) is 7.61. The maximum atomic E-state index is 11.9. The number of rotatable bonds is 7. The van der Waals surface area contributed by atoms with Gasteiger partial charge in [0, 0.05) is 18.8 Å². The molecule has 0 spiro atoms. The predicted octanol–water partition coefficient (Wildman–Crippen LogP) is 0.0365. The second kappa shape index (κ2) is 5.73. The Morgan fingerprint density at radius 2 is 2.28 bits per heavy atom. The first-order chi connectivity index (χ1) is 8.58. The zero-order chi connectivity index (χ0) is 13.0. The van der Waals surface area contributed by atoms with Crippen LogP contribution in [0.4, 0.5) is 0 Å². The maximum Gasteiger partial charge on any atom is 0.215 e. The molecule has 6 nitrogen and oxygen atoms in total. The lowest BCUT2D eigenvalue weighted by molar-refractivity contribution is 0.555. The van der Waals surface area contributed by atoms with Crippen LogP contribution in [0.1, 0.15) is 25.5 Å². The molecule has 1 heterocycles. The Balaban J connectivity index is 1.82. The average Bonchev–Trinajstić information content (AvgIpc) is 3.19. The van der Waals surface area contributed by atoms with Crippen LogP contribution in [0.5, 0.6) is 0 Å². The van der Waals surface area contributed by atoms with Gasteiger partial charge in [0.1, 0.15) is 0 Å². The van der Waals surface area contributed by atoms with Gasteiger partial charge in [-0.3, -0.25) is 0 Å². The molecule has 1 aromatic heterocycles. The second-order valence-electron chi connectivity index (χ2n) is 4.57. The summed E-state index contributed by atoms with van der Waals surface area (Å²) in [6.45, 7) is 2.37. The molecule has 1 aromatic rings. The molecular weight excluding hydrogens is 252 g/mol. The highest BCUT2D eigenvalue weighted by molar-refractivity contribution is 7.90. The summed E-state index contributed by atoms with van der Waals surface area (Å²) in [5, 5.41) is 10.3. The fraction of sp³-hybridized carbons (Fsp3) is 0.636. The molecule has 100 valence electrons. The standard InChI is InChI=1S/C11H18N4O2S/c1-9(7-12-10-4-5-10)18(16,17)14-8-11-3-2-6-13-15-11/h2-3,6,9-10,12,14H,4-5,7-8H2,1H3. The molecule has 0 bridgehead atoms. The van der Waals surface area contributed by atoms with Crippen LogP contribution in [-0.2, 0) is 16.6 Å². The Morgan fingerprint density at radius 3 is 2.89 bits per heavy atom. The molecule has 0 radical (unpaired) electrons. The van der Waals surface area contributed by atoms with Crippen molar-refractivity contribution < 1.29 is 8.42 Å². The van der Waals surface area contributed by atoms with Crippen LogP contribution in [0.15, 0.2) is 18.3 Å². The van der Waals surface area contributed by atoms with Gasteiger partial charge in [-0.1, -0.05) is 0 Å². The van der Waals surface area contributed by atoms with Crippen LogP contribution in [0.25, 0.3) is 0 Å². The van der Waals surface area contributed by atoms with Gasteiger partial charge in [-0.15, -0.1) is 0 Å². The van der Waals surface area contributed by atoms with E-state index in [1.54, 1.807) is 25.3 Å². The molecule has 0 aliphatic heterocycles. The lowest BCUT2D eigenvalue weighted by Gasteiger charge is -2.14. The number of aromatic nitrogens is 2. The SMILES string of the molecule is CC(CNC1CC1)S(=O)(=O)NCc1cccnn1. The quantitative estimate of drug-likeness (QED) is 0.730. The van der Waals surface area contributed by atoms with E-state index in [2.05, 4.69) is 20.2 Å². The van der Waals surface area contributed by atoms with Gasteiger partial charge in [-0.25, -0.2) is 13.1 Å². The van der Waals surface area contributed by atoms with Crippen molar-refractivity contribution >= 4 is 10.0 Å². The van der Waals surface area contributed by atoms with Crippen molar-refractivity contribution in [2.24, 2.45) is 0 Å². The van der Waals surface area contributed by atoms with Gasteiger partial charge in [-0.05, 0) is 31.9 Å². The van der Waals surface area contributed by atoms with Crippen LogP contribution in [-0.4, -0.2) is 36.5 Å². The summed E-state index contributed by atoms with van der Waals surface area (Å²) >= 11 is 0. The molecule has 1 unspecified atom stereocenters. The van der Waals surface area contributed by atoms with Crippen LogP contribution in [0.3, 0.4) is 0 Å². The third-order valence-corrected chi connectivity index (χ3v) is 4.66. The maximum absolute atomic E-state index is 11.9. The van der Waals surface area contributed by atoms with Crippen molar-refractivity contribution in [3.63, 3.8) is 0 Å². The zero-order valence-electron chi connectivity index (χ0n) is 10.3.